The molecule has 0 amide bonds. The zero-order valence-electron chi connectivity index (χ0n) is 32.5. The Balaban J connectivity index is 4.20. The van der Waals surface area contributed by atoms with Crippen LogP contribution in [0.2, 0.25) is 0 Å². The number of ether oxygens (including phenoxy) is 3. The number of hydrogen-bond acceptors (Lipinski definition) is 6. The lowest BCUT2D eigenvalue weighted by molar-refractivity contribution is -0.167. The van der Waals surface area contributed by atoms with Crippen molar-refractivity contribution in [3.05, 3.63) is 24.3 Å². The Morgan fingerprint density at radius 2 is 0.735 bits per heavy atom. The van der Waals surface area contributed by atoms with Gasteiger partial charge in [-0.1, -0.05) is 167 Å². The molecule has 0 aliphatic carbocycles. The summed E-state index contributed by atoms with van der Waals surface area (Å²) in [6.07, 6.45) is 40.5. The predicted octanol–water partition coefficient (Wildman–Crippen LogP) is 12.9. The monoisotopic (exact) mass is 691 g/mol. The highest BCUT2D eigenvalue weighted by atomic mass is 16.6. The van der Waals surface area contributed by atoms with Gasteiger partial charge in [0.2, 0.25) is 0 Å². The second-order valence-corrected chi connectivity index (χ2v) is 13.9. The van der Waals surface area contributed by atoms with Gasteiger partial charge in [-0.25, -0.2) is 0 Å². The fourth-order valence-corrected chi connectivity index (χ4v) is 5.76. The number of unbranched alkanes of at least 4 members (excludes halogenated alkanes) is 22. The van der Waals surface area contributed by atoms with Crippen LogP contribution in [0.15, 0.2) is 24.3 Å². The molecule has 0 aromatic heterocycles. The van der Waals surface area contributed by atoms with Crippen molar-refractivity contribution in [2.24, 2.45) is 0 Å². The van der Waals surface area contributed by atoms with Crippen LogP contribution in [0.1, 0.15) is 213 Å². The molecule has 6 nitrogen and oxygen atoms in total. The molecule has 0 bridgehead atoms. The molecule has 0 saturated heterocycles. The van der Waals surface area contributed by atoms with Crippen LogP contribution in [-0.2, 0) is 28.6 Å². The average Bonchev–Trinajstić information content (AvgIpc) is 3.09. The Hall–Kier alpha value is -2.11. The van der Waals surface area contributed by atoms with Crippen LogP contribution in [-0.4, -0.2) is 37.2 Å². The Kier molecular flexibility index (Phi) is 37.0. The molecule has 0 heterocycles. The Morgan fingerprint density at radius 1 is 0.408 bits per heavy atom. The molecule has 0 aliphatic rings. The number of hydrogen-bond donors (Lipinski definition) is 0. The number of rotatable bonds is 37. The van der Waals surface area contributed by atoms with Gasteiger partial charge in [-0.05, 0) is 51.4 Å². The minimum absolute atomic E-state index is 0.0729. The van der Waals surface area contributed by atoms with E-state index in [0.29, 0.717) is 19.3 Å². The summed E-state index contributed by atoms with van der Waals surface area (Å²) < 4.78 is 16.5. The number of allylic oxidation sites excluding steroid dienone is 4. The van der Waals surface area contributed by atoms with Crippen molar-refractivity contribution >= 4 is 17.9 Å². The molecule has 286 valence electrons. The van der Waals surface area contributed by atoms with Gasteiger partial charge in [0.25, 0.3) is 0 Å². The van der Waals surface area contributed by atoms with E-state index in [0.717, 1.165) is 77.0 Å². The molecule has 0 N–H and O–H groups in total. The second kappa shape index (κ2) is 38.7. The maximum atomic E-state index is 12.6. The van der Waals surface area contributed by atoms with Crippen LogP contribution < -0.4 is 0 Å². The van der Waals surface area contributed by atoms with Crippen molar-refractivity contribution in [1.82, 2.24) is 0 Å². The molecule has 0 rings (SSSR count). The Morgan fingerprint density at radius 3 is 1.16 bits per heavy atom. The van der Waals surface area contributed by atoms with Gasteiger partial charge in [0, 0.05) is 19.3 Å². The molecule has 1 unspecified atom stereocenters. The van der Waals surface area contributed by atoms with Gasteiger partial charge in [0.15, 0.2) is 6.10 Å². The molecule has 6 heteroatoms. The summed E-state index contributed by atoms with van der Waals surface area (Å²) in [4.78, 5) is 37.3. The summed E-state index contributed by atoms with van der Waals surface area (Å²) in [5, 5.41) is 0. The van der Waals surface area contributed by atoms with Crippen LogP contribution in [0.3, 0.4) is 0 Å². The minimum Gasteiger partial charge on any atom is -0.462 e. The normalized spacial score (nSPS) is 12.1. The van der Waals surface area contributed by atoms with Gasteiger partial charge in [-0.15, -0.1) is 0 Å². The molecule has 0 aromatic carbocycles. The van der Waals surface area contributed by atoms with Crippen LogP contribution >= 0.6 is 0 Å². The van der Waals surface area contributed by atoms with Gasteiger partial charge < -0.3 is 14.2 Å². The highest BCUT2D eigenvalue weighted by molar-refractivity contribution is 5.71. The first-order valence-corrected chi connectivity index (χ1v) is 20.8. The van der Waals surface area contributed by atoms with E-state index in [1.54, 1.807) is 0 Å². The molecule has 0 radical (unpaired) electrons. The Bertz CT molecular complexity index is 804. The minimum atomic E-state index is -0.763. The van der Waals surface area contributed by atoms with E-state index in [1.165, 1.54) is 96.3 Å². The number of carbonyl (C=O) groups excluding carboxylic acids is 3. The standard InChI is InChI=1S/C43H78O6/c1-4-7-10-13-15-17-18-19-20-21-22-23-24-26-27-30-33-36-42(45)48-39-40(38-47-41(44)35-32-29-12-9-6-3)49-43(46)37-34-31-28-25-16-14-11-8-5-2/h15,17,19-20,40H,4-14,16,18,21-39H2,1-3H3/b17-15-,20-19-. The van der Waals surface area contributed by atoms with E-state index in [9.17, 15) is 14.4 Å². The lowest BCUT2D eigenvalue weighted by Crippen LogP contribution is -2.30. The summed E-state index contributed by atoms with van der Waals surface area (Å²) in [6, 6.07) is 0. The van der Waals surface area contributed by atoms with E-state index < -0.39 is 6.10 Å². The Labute approximate surface area is 303 Å². The zero-order valence-corrected chi connectivity index (χ0v) is 32.5. The molecule has 0 saturated carbocycles. The van der Waals surface area contributed by atoms with Crippen molar-refractivity contribution < 1.29 is 28.6 Å². The van der Waals surface area contributed by atoms with E-state index >= 15 is 0 Å². The third kappa shape index (κ3) is 37.0. The number of esters is 3. The van der Waals surface area contributed by atoms with Crippen LogP contribution in [0, 0.1) is 0 Å². The van der Waals surface area contributed by atoms with Crippen molar-refractivity contribution in [1.29, 1.82) is 0 Å². The first kappa shape index (κ1) is 46.9. The summed E-state index contributed by atoms with van der Waals surface area (Å²) in [5.74, 6) is -0.897. The second-order valence-electron chi connectivity index (χ2n) is 13.9. The largest absolute Gasteiger partial charge is 0.462 e. The molecule has 0 fully saturated rings. The van der Waals surface area contributed by atoms with Gasteiger partial charge >= 0.3 is 17.9 Å². The third-order valence-corrected chi connectivity index (χ3v) is 8.96. The smallest absolute Gasteiger partial charge is 0.306 e. The van der Waals surface area contributed by atoms with Gasteiger partial charge in [-0.2, -0.15) is 0 Å². The summed E-state index contributed by atoms with van der Waals surface area (Å²) in [6.45, 7) is 6.49. The van der Waals surface area contributed by atoms with E-state index in [2.05, 4.69) is 45.1 Å². The van der Waals surface area contributed by atoms with Gasteiger partial charge in [0.05, 0.1) is 0 Å². The van der Waals surface area contributed by atoms with Crippen LogP contribution in [0.5, 0.6) is 0 Å². The quantitative estimate of drug-likeness (QED) is 0.0279. The van der Waals surface area contributed by atoms with Crippen molar-refractivity contribution in [2.75, 3.05) is 13.2 Å². The maximum Gasteiger partial charge on any atom is 0.306 e. The third-order valence-electron chi connectivity index (χ3n) is 8.96. The highest BCUT2D eigenvalue weighted by Crippen LogP contribution is 2.13. The van der Waals surface area contributed by atoms with E-state index in [-0.39, 0.29) is 31.1 Å². The zero-order chi connectivity index (χ0) is 35.9. The maximum absolute atomic E-state index is 12.6. The first-order valence-electron chi connectivity index (χ1n) is 20.8. The fourth-order valence-electron chi connectivity index (χ4n) is 5.76. The lowest BCUT2D eigenvalue weighted by Gasteiger charge is -2.18. The molecule has 0 aromatic rings. The molecule has 49 heavy (non-hydrogen) atoms. The summed E-state index contributed by atoms with van der Waals surface area (Å²) in [7, 11) is 0. The van der Waals surface area contributed by atoms with Gasteiger partial charge in [0.1, 0.15) is 13.2 Å². The summed E-state index contributed by atoms with van der Waals surface area (Å²) in [5.41, 5.74) is 0. The topological polar surface area (TPSA) is 78.9 Å². The SMILES string of the molecule is CCCCC/C=C\C/C=C\CCCCCCCCCC(=O)OCC(COC(=O)CCCCCCC)OC(=O)CCCCCCCCCCC. The van der Waals surface area contributed by atoms with Crippen LogP contribution in [0.4, 0.5) is 0 Å². The van der Waals surface area contributed by atoms with Crippen molar-refractivity contribution in [3.63, 3.8) is 0 Å². The summed E-state index contributed by atoms with van der Waals surface area (Å²) >= 11 is 0. The van der Waals surface area contributed by atoms with Crippen molar-refractivity contribution in [3.8, 4) is 0 Å². The first-order chi connectivity index (χ1) is 24.0. The molecule has 0 spiro atoms. The molecular weight excluding hydrogens is 612 g/mol. The van der Waals surface area contributed by atoms with E-state index in [1.807, 2.05) is 0 Å². The number of carbonyl (C=O) groups is 3. The van der Waals surface area contributed by atoms with Crippen molar-refractivity contribution in [2.45, 2.75) is 219 Å². The van der Waals surface area contributed by atoms with E-state index in [4.69, 9.17) is 14.2 Å². The molecular formula is C43H78O6. The molecule has 1 atom stereocenters. The fraction of sp³-hybridized carbons (Fsp3) is 0.837. The van der Waals surface area contributed by atoms with Gasteiger partial charge in [-0.3, -0.25) is 14.4 Å². The molecule has 0 aliphatic heterocycles. The lowest BCUT2D eigenvalue weighted by atomic mass is 10.1. The highest BCUT2D eigenvalue weighted by Gasteiger charge is 2.19. The average molecular weight is 691 g/mol. The predicted molar refractivity (Wildman–Crippen MR) is 206 cm³/mol. The van der Waals surface area contributed by atoms with Crippen LogP contribution in [0.25, 0.3) is 0 Å².